The summed E-state index contributed by atoms with van der Waals surface area (Å²) in [6.45, 7) is 0. The molecule has 22 heavy (non-hydrogen) atoms. The number of allylic oxidation sites excluding steroid dienone is 6. The van der Waals surface area contributed by atoms with Gasteiger partial charge < -0.3 is 0 Å². The van der Waals surface area contributed by atoms with Crippen molar-refractivity contribution in [3.63, 3.8) is 0 Å². The minimum absolute atomic E-state index is 0.0567. The lowest BCUT2D eigenvalue weighted by atomic mass is 10.2. The van der Waals surface area contributed by atoms with E-state index in [2.05, 4.69) is 9.97 Å². The van der Waals surface area contributed by atoms with Crippen molar-refractivity contribution in [2.24, 2.45) is 0 Å². The molecule has 0 radical (unpaired) electrons. The summed E-state index contributed by atoms with van der Waals surface area (Å²) in [6.07, 6.45) is 20.9. The Morgan fingerprint density at radius 1 is 0.682 bits per heavy atom. The predicted octanol–water partition coefficient (Wildman–Crippen LogP) is 3.88. The van der Waals surface area contributed by atoms with Crippen molar-refractivity contribution in [3.8, 4) is 0 Å². The van der Waals surface area contributed by atoms with E-state index in [0.29, 0.717) is 0 Å². The molecule has 0 aliphatic heterocycles. The zero-order chi connectivity index (χ0) is 15.5. The zero-order valence-corrected chi connectivity index (χ0v) is 12.0. The van der Waals surface area contributed by atoms with E-state index in [1.807, 2.05) is 48.6 Å². The van der Waals surface area contributed by atoms with Crippen LogP contribution in [0.1, 0.15) is 11.1 Å². The topological polar surface area (TPSA) is 42.9 Å². The Morgan fingerprint density at radius 3 is 1.50 bits per heavy atom. The Morgan fingerprint density at radius 2 is 1.09 bits per heavy atom. The Bertz CT molecular complexity index is 637. The minimum Gasteiger partial charge on any atom is -0.290 e. The summed E-state index contributed by atoms with van der Waals surface area (Å²) in [6, 6.07) is 7.60. The molecule has 0 amide bonds. The van der Waals surface area contributed by atoms with Gasteiger partial charge in [0.05, 0.1) is 0 Å². The van der Waals surface area contributed by atoms with Crippen LogP contribution in [0.15, 0.2) is 85.5 Å². The van der Waals surface area contributed by atoms with Gasteiger partial charge in [0.2, 0.25) is 0 Å². The molecule has 108 valence electrons. The van der Waals surface area contributed by atoms with Gasteiger partial charge in [-0.05, 0) is 47.5 Å². The Kier molecular flexibility index (Phi) is 6.25. The van der Waals surface area contributed by atoms with Crippen LogP contribution >= 0.6 is 0 Å². The fraction of sp³-hybridized carbons (Fsp3) is 0. The second-order valence-corrected chi connectivity index (χ2v) is 4.40. The van der Waals surface area contributed by atoms with Crippen LogP contribution in [0.5, 0.6) is 0 Å². The highest BCUT2D eigenvalue weighted by molar-refractivity contribution is 5.99. The van der Waals surface area contributed by atoms with E-state index in [1.54, 1.807) is 36.9 Å². The number of ketones is 1. The minimum atomic E-state index is -0.0567. The average molecular weight is 288 g/mol. The molecule has 0 aliphatic rings. The first-order valence-corrected chi connectivity index (χ1v) is 6.88. The highest BCUT2D eigenvalue weighted by Crippen LogP contribution is 2.00. The molecule has 3 nitrogen and oxygen atoms in total. The first-order chi connectivity index (χ1) is 10.8. The van der Waals surface area contributed by atoms with Gasteiger partial charge in [-0.15, -0.1) is 0 Å². The maximum Gasteiger partial charge on any atom is 0.178 e. The van der Waals surface area contributed by atoms with Crippen LogP contribution in [0.2, 0.25) is 0 Å². The molecule has 0 N–H and O–H groups in total. The molecular formula is C19H16N2O. The van der Waals surface area contributed by atoms with Gasteiger partial charge in [-0.3, -0.25) is 14.8 Å². The standard InChI is InChI=1S/C19H16N2O/c22-19(7-3-1-5-17-9-13-20-14-10-17)8-4-2-6-18-11-15-21-16-12-18/h1-16H/b5-1+,6-2+,7-3+,8-4+. The summed E-state index contributed by atoms with van der Waals surface area (Å²) in [5, 5.41) is 0. The molecule has 0 aliphatic carbocycles. The molecular weight excluding hydrogens is 272 g/mol. The van der Waals surface area contributed by atoms with Gasteiger partial charge in [0, 0.05) is 24.8 Å². The van der Waals surface area contributed by atoms with E-state index >= 15 is 0 Å². The average Bonchev–Trinajstić information content (AvgIpc) is 2.57. The number of nitrogens with zero attached hydrogens (tertiary/aromatic N) is 2. The number of carbonyl (C=O) groups excluding carboxylic acids is 1. The quantitative estimate of drug-likeness (QED) is 0.598. The van der Waals surface area contributed by atoms with E-state index in [-0.39, 0.29) is 5.78 Å². The molecule has 0 aromatic carbocycles. The molecule has 0 bridgehead atoms. The molecule has 3 heteroatoms. The molecule has 0 saturated heterocycles. The molecule has 0 unspecified atom stereocenters. The Hall–Kier alpha value is -3.07. The third-order valence-electron chi connectivity index (χ3n) is 2.73. The summed E-state index contributed by atoms with van der Waals surface area (Å²) in [4.78, 5) is 19.5. The van der Waals surface area contributed by atoms with Gasteiger partial charge in [0.15, 0.2) is 5.78 Å². The van der Waals surface area contributed by atoms with Gasteiger partial charge in [-0.2, -0.15) is 0 Å². The number of rotatable bonds is 6. The summed E-state index contributed by atoms with van der Waals surface area (Å²) in [5.41, 5.74) is 2.09. The second kappa shape index (κ2) is 8.97. The normalized spacial score (nSPS) is 12.0. The van der Waals surface area contributed by atoms with Gasteiger partial charge in [-0.25, -0.2) is 0 Å². The molecule has 0 saturated carbocycles. The largest absolute Gasteiger partial charge is 0.290 e. The number of aromatic nitrogens is 2. The smallest absolute Gasteiger partial charge is 0.178 e. The zero-order valence-electron chi connectivity index (χ0n) is 12.0. The Balaban J connectivity index is 1.80. The van der Waals surface area contributed by atoms with Crippen LogP contribution < -0.4 is 0 Å². The van der Waals surface area contributed by atoms with Crippen LogP contribution in [0.3, 0.4) is 0 Å². The number of hydrogen-bond donors (Lipinski definition) is 0. The van der Waals surface area contributed by atoms with Crippen LogP contribution in [0.4, 0.5) is 0 Å². The first-order valence-electron chi connectivity index (χ1n) is 6.88. The van der Waals surface area contributed by atoms with E-state index in [1.165, 1.54) is 12.2 Å². The predicted molar refractivity (Wildman–Crippen MR) is 89.8 cm³/mol. The van der Waals surface area contributed by atoms with Crippen LogP contribution in [-0.4, -0.2) is 15.8 Å². The summed E-state index contributed by atoms with van der Waals surface area (Å²) in [5.74, 6) is -0.0567. The Labute approximate surface area is 130 Å². The fourth-order valence-corrected chi connectivity index (χ4v) is 1.64. The van der Waals surface area contributed by atoms with Crippen LogP contribution in [0, 0.1) is 0 Å². The van der Waals surface area contributed by atoms with Gasteiger partial charge in [-0.1, -0.05) is 36.5 Å². The van der Waals surface area contributed by atoms with Crippen LogP contribution in [-0.2, 0) is 4.79 Å². The third kappa shape index (κ3) is 5.92. The van der Waals surface area contributed by atoms with Crippen molar-refractivity contribution in [1.29, 1.82) is 0 Å². The summed E-state index contributed by atoms with van der Waals surface area (Å²) >= 11 is 0. The van der Waals surface area contributed by atoms with Crippen molar-refractivity contribution in [2.45, 2.75) is 0 Å². The molecule has 0 spiro atoms. The molecule has 2 aromatic heterocycles. The van der Waals surface area contributed by atoms with Gasteiger partial charge in [0.25, 0.3) is 0 Å². The van der Waals surface area contributed by atoms with Crippen molar-refractivity contribution < 1.29 is 4.79 Å². The second-order valence-electron chi connectivity index (χ2n) is 4.40. The fourth-order valence-electron chi connectivity index (χ4n) is 1.64. The summed E-state index contributed by atoms with van der Waals surface area (Å²) < 4.78 is 0. The highest BCUT2D eigenvalue weighted by atomic mass is 16.1. The van der Waals surface area contributed by atoms with Crippen LogP contribution in [0.25, 0.3) is 12.2 Å². The lowest BCUT2D eigenvalue weighted by Gasteiger charge is -1.88. The van der Waals surface area contributed by atoms with Crippen molar-refractivity contribution in [3.05, 3.63) is 96.6 Å². The van der Waals surface area contributed by atoms with E-state index < -0.39 is 0 Å². The van der Waals surface area contributed by atoms with E-state index in [0.717, 1.165) is 11.1 Å². The SMILES string of the molecule is O=C(/C=C/C=C/c1ccncc1)/C=C/C=C/c1ccncc1. The maximum atomic E-state index is 11.6. The van der Waals surface area contributed by atoms with Crippen molar-refractivity contribution >= 4 is 17.9 Å². The molecule has 0 atom stereocenters. The molecule has 0 fully saturated rings. The third-order valence-corrected chi connectivity index (χ3v) is 2.73. The van der Waals surface area contributed by atoms with Crippen molar-refractivity contribution in [2.75, 3.05) is 0 Å². The summed E-state index contributed by atoms with van der Waals surface area (Å²) in [7, 11) is 0. The van der Waals surface area contributed by atoms with Gasteiger partial charge in [0.1, 0.15) is 0 Å². The maximum absolute atomic E-state index is 11.6. The number of hydrogen-bond acceptors (Lipinski definition) is 3. The van der Waals surface area contributed by atoms with E-state index in [9.17, 15) is 4.79 Å². The lowest BCUT2D eigenvalue weighted by molar-refractivity contribution is -0.110. The van der Waals surface area contributed by atoms with Gasteiger partial charge >= 0.3 is 0 Å². The van der Waals surface area contributed by atoms with E-state index in [4.69, 9.17) is 0 Å². The molecule has 2 aromatic rings. The highest BCUT2D eigenvalue weighted by Gasteiger charge is 1.86. The lowest BCUT2D eigenvalue weighted by Crippen LogP contribution is -1.82. The first kappa shape index (κ1) is 15.3. The number of pyridine rings is 2. The monoisotopic (exact) mass is 288 g/mol. The molecule has 2 heterocycles. The van der Waals surface area contributed by atoms with Crippen molar-refractivity contribution in [1.82, 2.24) is 9.97 Å². The molecule has 2 rings (SSSR count). The number of carbonyl (C=O) groups is 1.